The van der Waals surface area contributed by atoms with E-state index in [2.05, 4.69) is 155 Å². The third kappa shape index (κ3) is 13.4. The van der Waals surface area contributed by atoms with E-state index in [1.54, 1.807) is 12.1 Å². The second-order valence-electron chi connectivity index (χ2n) is 26.9. The summed E-state index contributed by atoms with van der Waals surface area (Å²) in [5, 5.41) is 10.0. The Bertz CT molecular complexity index is 4580. The molecule has 17 rings (SSSR count). The van der Waals surface area contributed by atoms with E-state index < -0.39 is 0 Å². The lowest BCUT2D eigenvalue weighted by Crippen LogP contribution is -2.71. The highest BCUT2D eigenvalue weighted by Crippen LogP contribution is 2.45. The van der Waals surface area contributed by atoms with Crippen LogP contribution in [0.3, 0.4) is 0 Å². The first-order chi connectivity index (χ1) is 48.3. The monoisotopic (exact) mass is 1320 g/mol. The van der Waals surface area contributed by atoms with E-state index in [4.69, 9.17) is 29.2 Å². The van der Waals surface area contributed by atoms with Gasteiger partial charge in [0.05, 0.1) is 126 Å². The number of nitrogens with one attached hydrogen (secondary N) is 3. The van der Waals surface area contributed by atoms with Crippen molar-refractivity contribution in [2.75, 3.05) is 87.1 Å². The van der Waals surface area contributed by atoms with Crippen molar-refractivity contribution in [3.8, 4) is 0 Å². The zero-order chi connectivity index (χ0) is 67.6. The normalized spacial score (nSPS) is 17.9. The van der Waals surface area contributed by atoms with Crippen LogP contribution in [-0.4, -0.2) is 123 Å². The SMILES string of the molecule is C=C(N[C@@H](C)c1ccccc1)c1ncc(C2=CCc3ncc(N4CC5(COC5)C4)cc32)cn1.C=C(N[C@@H](C)c1ccccc1)c1ncc(C2=CCc3ncc(N4CCC45COC5)cc32)cn1.C=C(N[C@@H](C)c1ccccc1F)c1ncc(C2=CCc3ncc(N4CCOCC4)cc32)cn1. The zero-order valence-electron chi connectivity index (χ0n) is 56.2. The predicted molar refractivity (Wildman–Crippen MR) is 386 cm³/mol. The molecule has 3 atom stereocenters. The highest BCUT2D eigenvalue weighted by Gasteiger charge is 2.51. The van der Waals surface area contributed by atoms with Crippen LogP contribution in [0.25, 0.3) is 33.8 Å². The number of halogens is 1. The van der Waals surface area contributed by atoms with Crippen LogP contribution in [0.2, 0.25) is 0 Å². The minimum Gasteiger partial charge on any atom is -0.380 e. The molecule has 99 heavy (non-hydrogen) atoms. The molecule has 6 aromatic heterocycles. The fourth-order valence-corrected chi connectivity index (χ4v) is 14.2. The summed E-state index contributed by atoms with van der Waals surface area (Å²) in [7, 11) is 0. The third-order valence-electron chi connectivity index (χ3n) is 20.1. The highest BCUT2D eigenvalue weighted by atomic mass is 19.1. The molecule has 5 aliphatic heterocycles. The fourth-order valence-electron chi connectivity index (χ4n) is 14.2. The van der Waals surface area contributed by atoms with Crippen molar-refractivity contribution in [3.63, 3.8) is 0 Å². The molecule has 5 saturated heterocycles. The van der Waals surface area contributed by atoms with Crippen LogP contribution in [0.1, 0.15) is 130 Å². The summed E-state index contributed by atoms with van der Waals surface area (Å²) in [6.45, 7) is 28.3. The van der Waals surface area contributed by atoms with E-state index >= 15 is 0 Å². The standard InChI is InChI=1S/2C27H27N5O.C26H26FN5O/c1-18(20-6-4-3-5-7-20)31-19(2)26-29-11-21(12-30-26)23-8-9-25-24(23)10-22(13-28-25)32-14-27(15-32)16-33-17-27;1-18(20-6-4-3-5-7-20)31-19(2)26-29-13-21(14-30-26)23-8-9-25-24(23)12-22(15-28-25)32-11-10-27(32)16-33-17-27;1-17(21-5-3-4-6-24(21)27)31-18(2)26-29-14-19(15-30-26)22-7-8-25-23(22)13-20(16-28-25)32-9-11-33-12-10-32/h3-8,10-13,18,31H,2,9,14-17H2,1H3;3-8,12-15,18,31H,2,9-11,16-17H2,1H3;3-7,13-17,31H,2,8-12H2,1H3/t2*18-;17-/m000/s1. The summed E-state index contributed by atoms with van der Waals surface area (Å²) in [6, 6.07) is 34.0. The molecule has 3 aromatic carbocycles. The first-order valence-corrected chi connectivity index (χ1v) is 34.1. The molecular weight excluding hydrogens is 1240 g/mol. The van der Waals surface area contributed by atoms with Gasteiger partial charge in [-0.25, -0.2) is 34.3 Å². The maximum atomic E-state index is 14.1. The van der Waals surface area contributed by atoms with Gasteiger partial charge < -0.3 is 44.9 Å². The number of hydrogen-bond donors (Lipinski definition) is 3. The minimum absolute atomic E-state index is 0.127. The molecule has 3 N–H and O–H groups in total. The first kappa shape index (κ1) is 64.4. The summed E-state index contributed by atoms with van der Waals surface area (Å²) >= 11 is 0. The minimum atomic E-state index is -0.254. The third-order valence-corrected chi connectivity index (χ3v) is 20.1. The molecule has 0 unspecified atom stereocenters. The second kappa shape index (κ2) is 27.7. The number of fused-ring (bicyclic) bond motifs is 3. The molecular formula is C80H80FN15O3. The smallest absolute Gasteiger partial charge is 0.174 e. The van der Waals surface area contributed by atoms with Gasteiger partial charge in [-0.3, -0.25) is 15.0 Å². The van der Waals surface area contributed by atoms with Gasteiger partial charge in [-0.15, -0.1) is 0 Å². The van der Waals surface area contributed by atoms with Gasteiger partial charge in [-0.05, 0) is 79.3 Å². The topological polar surface area (TPSA) is 190 Å². The molecule has 0 radical (unpaired) electrons. The Morgan fingerprint density at radius 3 is 1.26 bits per heavy atom. The predicted octanol–water partition coefficient (Wildman–Crippen LogP) is 12.3. The van der Waals surface area contributed by atoms with Gasteiger partial charge in [-0.2, -0.15) is 0 Å². The van der Waals surface area contributed by atoms with Crippen LogP contribution < -0.4 is 30.7 Å². The van der Waals surface area contributed by atoms with Crippen molar-refractivity contribution >= 4 is 50.9 Å². The van der Waals surface area contributed by atoms with E-state index in [1.807, 2.05) is 105 Å². The molecule has 0 saturated carbocycles. The lowest BCUT2D eigenvalue weighted by molar-refractivity contribution is -0.127. The summed E-state index contributed by atoms with van der Waals surface area (Å²) in [4.78, 5) is 48.8. The van der Waals surface area contributed by atoms with Gasteiger partial charge in [-0.1, -0.05) is 117 Å². The Hall–Kier alpha value is -10.6. The molecule has 19 heteroatoms. The maximum Gasteiger partial charge on any atom is 0.174 e. The number of morpholine rings is 1. The van der Waals surface area contributed by atoms with Crippen LogP contribution in [0, 0.1) is 11.2 Å². The molecule has 9 aromatic rings. The van der Waals surface area contributed by atoms with Crippen molar-refractivity contribution in [1.82, 2.24) is 60.8 Å². The molecule has 11 heterocycles. The number of nitrogens with zero attached hydrogens (tertiary/aromatic N) is 12. The number of anilines is 3. The number of hydrogen-bond acceptors (Lipinski definition) is 18. The van der Waals surface area contributed by atoms with E-state index in [0.29, 0.717) is 45.5 Å². The lowest BCUT2D eigenvalue weighted by Gasteiger charge is -2.58. The number of pyridine rings is 3. The molecule has 0 amide bonds. The maximum absolute atomic E-state index is 14.1. The molecule has 18 nitrogen and oxygen atoms in total. The van der Waals surface area contributed by atoms with Crippen LogP contribution >= 0.6 is 0 Å². The quantitative estimate of drug-likeness (QED) is 0.0735. The van der Waals surface area contributed by atoms with Crippen molar-refractivity contribution in [3.05, 3.63) is 287 Å². The van der Waals surface area contributed by atoms with Crippen LogP contribution in [0.5, 0.6) is 0 Å². The summed E-state index contributed by atoms with van der Waals surface area (Å²) < 4.78 is 30.4. The number of benzene rings is 3. The average Bonchev–Trinajstić information content (AvgIpc) is 1.25. The fraction of sp³-hybridized carbons (Fsp3) is 0.287. The number of allylic oxidation sites excluding steroid dienone is 3. The lowest BCUT2D eigenvalue weighted by atomic mass is 9.78. The Morgan fingerprint density at radius 2 is 0.859 bits per heavy atom. The Labute approximate surface area is 577 Å². The van der Waals surface area contributed by atoms with Crippen molar-refractivity contribution in [2.24, 2.45) is 5.41 Å². The van der Waals surface area contributed by atoms with Gasteiger partial charge >= 0.3 is 0 Å². The largest absolute Gasteiger partial charge is 0.380 e. The average molecular weight is 1320 g/mol. The van der Waals surface area contributed by atoms with Crippen LogP contribution in [0.4, 0.5) is 21.5 Å². The van der Waals surface area contributed by atoms with E-state index in [0.717, 1.165) is 153 Å². The van der Waals surface area contributed by atoms with Crippen molar-refractivity contribution in [2.45, 2.75) is 70.1 Å². The van der Waals surface area contributed by atoms with Gasteiger partial charge in [0.1, 0.15) is 5.82 Å². The molecule has 5 fully saturated rings. The Balaban J connectivity index is 0.000000121. The number of ether oxygens (including phenoxy) is 3. The number of aromatic nitrogens is 9. The second-order valence-corrected chi connectivity index (χ2v) is 26.9. The molecule has 3 aliphatic carbocycles. The zero-order valence-corrected chi connectivity index (χ0v) is 56.2. The van der Waals surface area contributed by atoms with Crippen molar-refractivity contribution in [1.29, 1.82) is 0 Å². The Kier molecular flexibility index (Phi) is 18.0. The molecule has 8 aliphatic rings. The first-order valence-electron chi connectivity index (χ1n) is 34.1. The Morgan fingerprint density at radius 1 is 0.455 bits per heavy atom. The number of rotatable bonds is 18. The van der Waals surface area contributed by atoms with Crippen LogP contribution in [-0.2, 0) is 33.5 Å². The van der Waals surface area contributed by atoms with Gasteiger partial charge in [0.25, 0.3) is 0 Å². The molecule has 2 spiro atoms. The summed E-state index contributed by atoms with van der Waals surface area (Å²) in [6.07, 6.45) is 27.4. The van der Waals surface area contributed by atoms with Crippen molar-refractivity contribution < 1.29 is 18.6 Å². The van der Waals surface area contributed by atoms with Crippen LogP contribution in [0.15, 0.2) is 197 Å². The van der Waals surface area contributed by atoms with Gasteiger partial charge in [0.2, 0.25) is 0 Å². The van der Waals surface area contributed by atoms with E-state index in [1.165, 1.54) is 46.1 Å². The van der Waals surface area contributed by atoms with E-state index in [9.17, 15) is 4.39 Å². The highest BCUT2D eigenvalue weighted by molar-refractivity contribution is 5.87. The summed E-state index contributed by atoms with van der Waals surface area (Å²) in [5.41, 5.74) is 22.2. The molecule has 500 valence electrons. The summed E-state index contributed by atoms with van der Waals surface area (Å²) in [5.74, 6) is 1.46. The van der Waals surface area contributed by atoms with Gasteiger partial charge in [0, 0.05) is 140 Å². The van der Waals surface area contributed by atoms with E-state index in [-0.39, 0.29) is 29.5 Å². The molecule has 0 bridgehead atoms. The van der Waals surface area contributed by atoms with Gasteiger partial charge in [0.15, 0.2) is 17.5 Å².